The van der Waals surface area contributed by atoms with Gasteiger partial charge in [0.1, 0.15) is 0 Å². The Kier molecular flexibility index (Phi) is 4.59. The highest BCUT2D eigenvalue weighted by atomic mass is 79.9. The van der Waals surface area contributed by atoms with Gasteiger partial charge >= 0.3 is 0 Å². The third-order valence-corrected chi connectivity index (χ3v) is 4.56. The second-order valence-corrected chi connectivity index (χ2v) is 6.91. The second-order valence-electron chi connectivity index (χ2n) is 4.36. The number of hydrogen-bond acceptors (Lipinski definition) is 3. The fourth-order valence-corrected chi connectivity index (χ4v) is 3.69. The number of nitrogens with zero attached hydrogens (tertiary/aromatic N) is 2. The lowest BCUT2D eigenvalue weighted by Crippen LogP contribution is -2.23. The van der Waals surface area contributed by atoms with E-state index in [-0.39, 0.29) is 0 Å². The molecule has 2 aromatic rings. The molecule has 0 spiro atoms. The molecule has 98 valence electrons. The number of nitrogens with one attached hydrogen (secondary N) is 1. The van der Waals surface area contributed by atoms with E-state index >= 15 is 0 Å². The van der Waals surface area contributed by atoms with Gasteiger partial charge in [-0.15, -0.1) is 11.3 Å². The van der Waals surface area contributed by atoms with Crippen LogP contribution in [0.5, 0.6) is 0 Å². The Morgan fingerprint density at radius 2 is 2.28 bits per heavy atom. The smallest absolute Gasteiger partial charge is 0.0701 e. The maximum absolute atomic E-state index is 4.43. The van der Waals surface area contributed by atoms with Crippen LogP contribution in [0, 0.1) is 6.92 Å². The van der Waals surface area contributed by atoms with Crippen molar-refractivity contribution in [2.24, 2.45) is 7.05 Å². The highest BCUT2D eigenvalue weighted by molar-refractivity contribution is 9.11. The van der Waals surface area contributed by atoms with Crippen molar-refractivity contribution >= 4 is 27.3 Å². The summed E-state index contributed by atoms with van der Waals surface area (Å²) in [5.74, 6) is 0. The topological polar surface area (TPSA) is 29.9 Å². The molecule has 0 bridgehead atoms. The van der Waals surface area contributed by atoms with E-state index in [4.69, 9.17) is 0 Å². The molecule has 0 fully saturated rings. The van der Waals surface area contributed by atoms with E-state index < -0.39 is 0 Å². The van der Waals surface area contributed by atoms with Crippen LogP contribution in [0.25, 0.3) is 0 Å². The van der Waals surface area contributed by atoms with Gasteiger partial charge in [-0.25, -0.2) is 0 Å². The number of likely N-dealkylation sites (N-methyl/N-ethyl adjacent to an activating group) is 1. The summed E-state index contributed by atoms with van der Waals surface area (Å²) < 4.78 is 3.08. The van der Waals surface area contributed by atoms with Crippen molar-refractivity contribution in [1.82, 2.24) is 15.1 Å². The van der Waals surface area contributed by atoms with E-state index in [1.54, 1.807) is 11.3 Å². The lowest BCUT2D eigenvalue weighted by atomic mass is 10.0. The molecule has 5 heteroatoms. The van der Waals surface area contributed by atoms with Crippen LogP contribution < -0.4 is 5.32 Å². The summed E-state index contributed by atoms with van der Waals surface area (Å²) >= 11 is 5.32. The molecular formula is C13H18BrN3S. The van der Waals surface area contributed by atoms with Crippen molar-refractivity contribution in [3.63, 3.8) is 0 Å². The molecule has 0 aliphatic rings. The quantitative estimate of drug-likeness (QED) is 0.911. The normalized spacial score (nSPS) is 12.9. The Morgan fingerprint density at radius 3 is 2.78 bits per heavy atom. The summed E-state index contributed by atoms with van der Waals surface area (Å²) in [4.78, 5) is 1.39. The first-order valence-corrected chi connectivity index (χ1v) is 7.68. The zero-order chi connectivity index (χ0) is 13.1. The van der Waals surface area contributed by atoms with E-state index in [1.165, 1.54) is 14.2 Å². The third-order valence-electron chi connectivity index (χ3n) is 2.91. The molecule has 0 aromatic carbocycles. The van der Waals surface area contributed by atoms with Gasteiger partial charge in [-0.3, -0.25) is 4.68 Å². The molecule has 2 rings (SSSR count). The number of rotatable bonds is 5. The average Bonchev–Trinajstić information content (AvgIpc) is 2.84. The Bertz CT molecular complexity index is 518. The average molecular weight is 328 g/mol. The minimum atomic E-state index is 0.342. The van der Waals surface area contributed by atoms with Crippen LogP contribution in [0.3, 0.4) is 0 Å². The van der Waals surface area contributed by atoms with Crippen molar-refractivity contribution in [3.8, 4) is 0 Å². The minimum Gasteiger partial charge on any atom is -0.310 e. The summed E-state index contributed by atoms with van der Waals surface area (Å²) in [6.45, 7) is 5.18. The highest BCUT2D eigenvalue weighted by Gasteiger charge is 2.16. The number of aromatic nitrogens is 2. The predicted molar refractivity (Wildman–Crippen MR) is 80.1 cm³/mol. The van der Waals surface area contributed by atoms with Gasteiger partial charge in [-0.1, -0.05) is 6.92 Å². The maximum atomic E-state index is 4.43. The number of hydrogen-bond donors (Lipinski definition) is 1. The molecule has 2 heterocycles. The molecule has 0 amide bonds. The first-order chi connectivity index (χ1) is 8.60. The van der Waals surface area contributed by atoms with Crippen molar-refractivity contribution in [1.29, 1.82) is 0 Å². The lowest BCUT2D eigenvalue weighted by molar-refractivity contribution is 0.550. The van der Waals surface area contributed by atoms with E-state index in [2.05, 4.69) is 58.5 Å². The summed E-state index contributed by atoms with van der Waals surface area (Å²) in [6, 6.07) is 4.64. The predicted octanol–water partition coefficient (Wildman–Crippen LogP) is 3.45. The minimum absolute atomic E-state index is 0.342. The number of thiophene rings is 1. The van der Waals surface area contributed by atoms with Crippen LogP contribution in [-0.4, -0.2) is 16.3 Å². The Morgan fingerprint density at radius 1 is 1.50 bits per heavy atom. The molecular weight excluding hydrogens is 310 g/mol. The molecule has 0 radical (unpaired) electrons. The first kappa shape index (κ1) is 13.8. The molecule has 0 saturated heterocycles. The summed E-state index contributed by atoms with van der Waals surface area (Å²) in [5.41, 5.74) is 2.41. The molecule has 3 nitrogen and oxygen atoms in total. The van der Waals surface area contributed by atoms with E-state index in [0.29, 0.717) is 6.04 Å². The van der Waals surface area contributed by atoms with Gasteiger partial charge in [0, 0.05) is 36.1 Å². The number of halogens is 1. The highest BCUT2D eigenvalue weighted by Crippen LogP contribution is 2.27. The molecule has 1 unspecified atom stereocenters. The molecule has 1 atom stereocenters. The maximum Gasteiger partial charge on any atom is 0.0701 e. The molecule has 1 N–H and O–H groups in total. The van der Waals surface area contributed by atoms with Crippen LogP contribution >= 0.6 is 27.3 Å². The van der Waals surface area contributed by atoms with Crippen molar-refractivity contribution in [2.75, 3.05) is 6.54 Å². The Labute approximate surface area is 120 Å². The van der Waals surface area contributed by atoms with E-state index in [0.717, 1.165) is 18.7 Å². The van der Waals surface area contributed by atoms with Gasteiger partial charge in [0.25, 0.3) is 0 Å². The van der Waals surface area contributed by atoms with Crippen LogP contribution in [0.2, 0.25) is 0 Å². The third kappa shape index (κ3) is 3.22. The molecule has 2 aromatic heterocycles. The largest absolute Gasteiger partial charge is 0.310 e. The standard InChI is InChI=1S/C13H18BrN3S/c1-4-15-12(7-10-5-6-13(14)18-10)11-8-17(3)16-9(11)2/h5-6,8,12,15H,4,7H2,1-3H3. The summed E-state index contributed by atoms with van der Waals surface area (Å²) in [7, 11) is 1.97. The monoisotopic (exact) mass is 327 g/mol. The van der Waals surface area contributed by atoms with E-state index in [1.807, 2.05) is 11.7 Å². The lowest BCUT2D eigenvalue weighted by Gasteiger charge is -2.16. The summed E-state index contributed by atoms with van der Waals surface area (Å²) in [5, 5.41) is 7.98. The van der Waals surface area contributed by atoms with Gasteiger partial charge in [0.05, 0.1) is 9.48 Å². The van der Waals surface area contributed by atoms with Gasteiger partial charge in [0.15, 0.2) is 0 Å². The van der Waals surface area contributed by atoms with Gasteiger partial charge in [0.2, 0.25) is 0 Å². The zero-order valence-electron chi connectivity index (χ0n) is 10.9. The zero-order valence-corrected chi connectivity index (χ0v) is 13.3. The molecule has 0 aliphatic carbocycles. The number of aryl methyl sites for hydroxylation is 2. The van der Waals surface area contributed by atoms with Crippen LogP contribution in [0.4, 0.5) is 0 Å². The Balaban J connectivity index is 2.20. The first-order valence-electron chi connectivity index (χ1n) is 6.08. The van der Waals surface area contributed by atoms with Crippen LogP contribution in [0.15, 0.2) is 22.1 Å². The van der Waals surface area contributed by atoms with Crippen LogP contribution in [0.1, 0.15) is 29.1 Å². The fourth-order valence-electron chi connectivity index (χ4n) is 2.16. The van der Waals surface area contributed by atoms with Gasteiger partial charge in [-0.05, 0) is 41.5 Å². The summed E-state index contributed by atoms with van der Waals surface area (Å²) in [6.07, 6.45) is 3.13. The van der Waals surface area contributed by atoms with Crippen molar-refractivity contribution < 1.29 is 0 Å². The van der Waals surface area contributed by atoms with Crippen molar-refractivity contribution in [3.05, 3.63) is 38.3 Å². The fraction of sp³-hybridized carbons (Fsp3) is 0.462. The Hall–Kier alpha value is -0.650. The van der Waals surface area contributed by atoms with Gasteiger partial charge < -0.3 is 5.32 Å². The van der Waals surface area contributed by atoms with Gasteiger partial charge in [-0.2, -0.15) is 5.10 Å². The van der Waals surface area contributed by atoms with Crippen molar-refractivity contribution in [2.45, 2.75) is 26.3 Å². The molecule has 18 heavy (non-hydrogen) atoms. The molecule has 0 aliphatic heterocycles. The molecule has 0 saturated carbocycles. The second kappa shape index (κ2) is 5.99. The SMILES string of the molecule is CCNC(Cc1ccc(Br)s1)c1cn(C)nc1C. The van der Waals surface area contributed by atoms with Crippen LogP contribution in [-0.2, 0) is 13.5 Å². The van der Waals surface area contributed by atoms with E-state index in [9.17, 15) is 0 Å².